The van der Waals surface area contributed by atoms with Gasteiger partial charge in [-0.25, -0.2) is 0 Å². The maximum Gasteiger partial charge on any atom is 0.00793 e. The third kappa shape index (κ3) is 5.42. The van der Waals surface area contributed by atoms with Crippen LogP contribution < -0.4 is 5.32 Å². The molecule has 0 rings (SSSR count). The molecule has 0 aromatic rings. The van der Waals surface area contributed by atoms with Crippen LogP contribution in [0.2, 0.25) is 0 Å². The number of hydrogen-bond acceptors (Lipinski definition) is 1. The van der Waals surface area contributed by atoms with E-state index in [0.29, 0.717) is 0 Å². The van der Waals surface area contributed by atoms with Crippen LogP contribution in [0, 0.1) is 5.41 Å². The molecule has 0 amide bonds. The second kappa shape index (κ2) is 3.45. The second-order valence-electron chi connectivity index (χ2n) is 3.54. The van der Waals surface area contributed by atoms with Gasteiger partial charge in [0.25, 0.3) is 0 Å². The van der Waals surface area contributed by atoms with Crippen molar-refractivity contribution in [1.82, 2.24) is 5.32 Å². The Balaban J connectivity index is 4.02. The van der Waals surface area contributed by atoms with Crippen LogP contribution >= 0.6 is 0 Å². The van der Waals surface area contributed by atoms with Crippen LogP contribution in [0.25, 0.3) is 0 Å². The van der Waals surface area contributed by atoms with E-state index in [1.807, 2.05) is 6.92 Å². The molecule has 0 radical (unpaired) electrons. The molecule has 0 saturated carbocycles. The Hall–Kier alpha value is -0.720. The Morgan fingerprint density at radius 3 is 2.20 bits per heavy atom. The van der Waals surface area contributed by atoms with Gasteiger partial charge in [-0.1, -0.05) is 33.4 Å². The van der Waals surface area contributed by atoms with Crippen molar-refractivity contribution >= 4 is 0 Å². The normalized spacial score (nSPS) is 13.0. The molecule has 0 heterocycles. The summed E-state index contributed by atoms with van der Waals surface area (Å²) in [5.74, 6) is 0. The summed E-state index contributed by atoms with van der Waals surface area (Å²) in [6, 6.07) is 0. The second-order valence-corrected chi connectivity index (χ2v) is 3.54. The third-order valence-electron chi connectivity index (χ3n) is 0.979. The van der Waals surface area contributed by atoms with Crippen LogP contribution in [0.3, 0.4) is 0 Å². The topological polar surface area (TPSA) is 12.0 Å². The van der Waals surface area contributed by atoms with Gasteiger partial charge in [-0.3, -0.25) is 0 Å². The number of nitrogens with one attached hydrogen (secondary N) is 1. The number of rotatable bonds is 2. The SMILES string of the molecule is C=CN/C(C)=C/C(C)(C)C. The summed E-state index contributed by atoms with van der Waals surface area (Å²) < 4.78 is 0. The van der Waals surface area contributed by atoms with E-state index in [1.165, 1.54) is 0 Å². The van der Waals surface area contributed by atoms with E-state index in [2.05, 4.69) is 38.7 Å². The summed E-state index contributed by atoms with van der Waals surface area (Å²) in [4.78, 5) is 0. The predicted octanol–water partition coefficient (Wildman–Crippen LogP) is 2.67. The molecule has 0 aliphatic heterocycles. The molecule has 0 fully saturated rings. The van der Waals surface area contributed by atoms with Crippen molar-refractivity contribution in [3.05, 3.63) is 24.6 Å². The highest BCUT2D eigenvalue weighted by molar-refractivity contribution is 5.03. The summed E-state index contributed by atoms with van der Waals surface area (Å²) in [5, 5.41) is 3.03. The van der Waals surface area contributed by atoms with E-state index in [1.54, 1.807) is 6.20 Å². The lowest BCUT2D eigenvalue weighted by atomic mass is 9.96. The van der Waals surface area contributed by atoms with Gasteiger partial charge >= 0.3 is 0 Å². The molecule has 0 bridgehead atoms. The Labute approximate surface area is 63.8 Å². The van der Waals surface area contributed by atoms with Gasteiger partial charge in [0.05, 0.1) is 0 Å². The molecule has 10 heavy (non-hydrogen) atoms. The van der Waals surface area contributed by atoms with Crippen LogP contribution in [0.15, 0.2) is 24.6 Å². The maximum atomic E-state index is 3.58. The third-order valence-corrected chi connectivity index (χ3v) is 0.979. The Bertz CT molecular complexity index is 137. The molecule has 0 aliphatic rings. The average Bonchev–Trinajstić information content (AvgIpc) is 1.59. The lowest BCUT2D eigenvalue weighted by Crippen LogP contribution is -2.07. The molecule has 1 nitrogen and oxygen atoms in total. The van der Waals surface area contributed by atoms with E-state index in [4.69, 9.17) is 0 Å². The van der Waals surface area contributed by atoms with E-state index >= 15 is 0 Å². The zero-order valence-electron chi connectivity index (χ0n) is 7.36. The minimum Gasteiger partial charge on any atom is -0.366 e. The molecule has 0 spiro atoms. The Morgan fingerprint density at radius 2 is 1.90 bits per heavy atom. The van der Waals surface area contributed by atoms with Crippen molar-refractivity contribution in [3.8, 4) is 0 Å². The quantitative estimate of drug-likeness (QED) is 0.620. The average molecular weight is 139 g/mol. The minimum atomic E-state index is 0.250. The Morgan fingerprint density at radius 1 is 1.40 bits per heavy atom. The van der Waals surface area contributed by atoms with Crippen LogP contribution in [-0.4, -0.2) is 0 Å². The fourth-order valence-electron chi connectivity index (χ4n) is 0.852. The minimum absolute atomic E-state index is 0.250. The van der Waals surface area contributed by atoms with Gasteiger partial charge in [0, 0.05) is 5.70 Å². The first-order chi connectivity index (χ1) is 4.45. The lowest BCUT2D eigenvalue weighted by Gasteiger charge is -2.13. The van der Waals surface area contributed by atoms with Gasteiger partial charge in [0.2, 0.25) is 0 Å². The smallest absolute Gasteiger partial charge is 0.00793 e. The first-order valence-electron chi connectivity index (χ1n) is 3.52. The molecule has 1 N–H and O–H groups in total. The van der Waals surface area contributed by atoms with Crippen molar-refractivity contribution in [1.29, 1.82) is 0 Å². The summed E-state index contributed by atoms with van der Waals surface area (Å²) in [6.07, 6.45) is 3.87. The van der Waals surface area contributed by atoms with Gasteiger partial charge in [-0.2, -0.15) is 0 Å². The van der Waals surface area contributed by atoms with Gasteiger partial charge < -0.3 is 5.32 Å². The molecule has 0 unspecified atom stereocenters. The molecule has 0 aromatic carbocycles. The highest BCUT2D eigenvalue weighted by Gasteiger charge is 2.04. The molecule has 0 aliphatic carbocycles. The van der Waals surface area contributed by atoms with Crippen LogP contribution in [0.4, 0.5) is 0 Å². The van der Waals surface area contributed by atoms with Crippen molar-refractivity contribution in [2.45, 2.75) is 27.7 Å². The predicted molar refractivity (Wildman–Crippen MR) is 46.5 cm³/mol. The fourth-order valence-corrected chi connectivity index (χ4v) is 0.852. The van der Waals surface area contributed by atoms with Crippen LogP contribution in [0.5, 0.6) is 0 Å². The van der Waals surface area contributed by atoms with Crippen molar-refractivity contribution < 1.29 is 0 Å². The molecular weight excluding hydrogens is 122 g/mol. The van der Waals surface area contributed by atoms with E-state index in [9.17, 15) is 0 Å². The number of allylic oxidation sites excluding steroid dienone is 2. The molecule has 0 atom stereocenters. The van der Waals surface area contributed by atoms with Gasteiger partial charge in [-0.05, 0) is 18.5 Å². The molecule has 0 saturated heterocycles. The van der Waals surface area contributed by atoms with E-state index in [0.717, 1.165) is 5.70 Å². The summed E-state index contributed by atoms with van der Waals surface area (Å²) in [7, 11) is 0. The summed E-state index contributed by atoms with van der Waals surface area (Å²) in [5.41, 5.74) is 1.41. The zero-order chi connectivity index (χ0) is 8.20. The highest BCUT2D eigenvalue weighted by Crippen LogP contribution is 2.15. The van der Waals surface area contributed by atoms with Crippen LogP contribution in [0.1, 0.15) is 27.7 Å². The molecule has 0 aromatic heterocycles. The summed E-state index contributed by atoms with van der Waals surface area (Å²) >= 11 is 0. The van der Waals surface area contributed by atoms with Gasteiger partial charge in [0.1, 0.15) is 0 Å². The fraction of sp³-hybridized carbons (Fsp3) is 0.556. The van der Waals surface area contributed by atoms with E-state index < -0.39 is 0 Å². The molecule has 1 heteroatoms. The van der Waals surface area contributed by atoms with Gasteiger partial charge in [-0.15, -0.1) is 0 Å². The van der Waals surface area contributed by atoms with Crippen molar-refractivity contribution in [2.24, 2.45) is 5.41 Å². The Kier molecular flexibility index (Phi) is 3.20. The van der Waals surface area contributed by atoms with Gasteiger partial charge in [0.15, 0.2) is 0 Å². The molecular formula is C9H17N. The summed E-state index contributed by atoms with van der Waals surface area (Å²) in [6.45, 7) is 12.1. The van der Waals surface area contributed by atoms with Crippen molar-refractivity contribution in [2.75, 3.05) is 0 Å². The van der Waals surface area contributed by atoms with E-state index in [-0.39, 0.29) is 5.41 Å². The van der Waals surface area contributed by atoms with Crippen LogP contribution in [-0.2, 0) is 0 Å². The monoisotopic (exact) mass is 139 g/mol. The first-order valence-corrected chi connectivity index (χ1v) is 3.52. The first kappa shape index (κ1) is 9.28. The zero-order valence-corrected chi connectivity index (χ0v) is 7.36. The van der Waals surface area contributed by atoms with Crippen molar-refractivity contribution in [3.63, 3.8) is 0 Å². The highest BCUT2D eigenvalue weighted by atomic mass is 14.8. The number of hydrogen-bond donors (Lipinski definition) is 1. The molecule has 58 valence electrons. The lowest BCUT2D eigenvalue weighted by molar-refractivity contribution is 0.537. The maximum absolute atomic E-state index is 3.58. The standard InChI is InChI=1S/C9H17N/c1-6-10-8(2)7-9(3,4)5/h6-7,10H,1H2,2-5H3/b8-7+. The largest absolute Gasteiger partial charge is 0.366 e.